The molecular formula is C17H15F3O. The molecule has 0 N–H and O–H groups in total. The zero-order valence-corrected chi connectivity index (χ0v) is 11.3. The van der Waals surface area contributed by atoms with Gasteiger partial charge in [0.1, 0.15) is 5.82 Å². The fraction of sp³-hybridized carbons (Fsp3) is 0.176. The van der Waals surface area contributed by atoms with Crippen LogP contribution in [0.15, 0.2) is 67.3 Å². The van der Waals surface area contributed by atoms with Gasteiger partial charge in [0, 0.05) is 0 Å². The molecule has 0 heterocycles. The largest absolute Gasteiger partial charge is 0.362 e. The maximum absolute atomic E-state index is 14.0. The van der Waals surface area contributed by atoms with E-state index in [-0.39, 0.29) is 12.2 Å². The van der Waals surface area contributed by atoms with Crippen molar-refractivity contribution in [3.05, 3.63) is 84.2 Å². The van der Waals surface area contributed by atoms with E-state index in [1.807, 2.05) is 6.07 Å². The van der Waals surface area contributed by atoms with Crippen LogP contribution >= 0.6 is 0 Å². The van der Waals surface area contributed by atoms with Crippen molar-refractivity contribution >= 4 is 0 Å². The van der Waals surface area contributed by atoms with Gasteiger partial charge in [-0.15, -0.1) is 0 Å². The Hall–Kier alpha value is -2.07. The fourth-order valence-electron chi connectivity index (χ4n) is 1.93. The molecule has 0 radical (unpaired) electrons. The van der Waals surface area contributed by atoms with E-state index in [9.17, 15) is 13.2 Å². The van der Waals surface area contributed by atoms with E-state index in [1.54, 1.807) is 24.3 Å². The molecule has 0 saturated carbocycles. The Bertz CT molecular complexity index is 579. The van der Waals surface area contributed by atoms with Crippen LogP contribution in [-0.4, -0.2) is 5.92 Å². The summed E-state index contributed by atoms with van der Waals surface area (Å²) >= 11 is 0. The second-order valence-electron chi connectivity index (χ2n) is 4.61. The second-order valence-corrected chi connectivity index (χ2v) is 4.61. The van der Waals surface area contributed by atoms with Crippen LogP contribution in [0.5, 0.6) is 0 Å². The summed E-state index contributed by atoms with van der Waals surface area (Å²) in [5.41, 5.74) is 0.988. The van der Waals surface area contributed by atoms with E-state index in [1.165, 1.54) is 12.1 Å². The van der Waals surface area contributed by atoms with Crippen LogP contribution in [0.3, 0.4) is 0 Å². The highest BCUT2D eigenvalue weighted by Gasteiger charge is 2.38. The first-order valence-electron chi connectivity index (χ1n) is 6.45. The van der Waals surface area contributed by atoms with Crippen LogP contribution in [0, 0.1) is 5.82 Å². The van der Waals surface area contributed by atoms with Gasteiger partial charge in [0.15, 0.2) is 6.10 Å². The molecule has 21 heavy (non-hydrogen) atoms. The Kier molecular flexibility index (Phi) is 4.81. The number of hydrogen-bond donors (Lipinski definition) is 0. The Balaban J connectivity index is 2.20. The summed E-state index contributed by atoms with van der Waals surface area (Å²) in [5, 5.41) is 0. The van der Waals surface area contributed by atoms with Crippen molar-refractivity contribution in [2.45, 2.75) is 18.6 Å². The molecule has 0 spiro atoms. The van der Waals surface area contributed by atoms with Crippen molar-refractivity contribution in [1.29, 1.82) is 0 Å². The Morgan fingerprint density at radius 2 is 1.67 bits per heavy atom. The normalized spacial score (nSPS) is 12.9. The summed E-state index contributed by atoms with van der Waals surface area (Å²) < 4.78 is 46.2. The number of hydrogen-bond acceptors (Lipinski definition) is 1. The van der Waals surface area contributed by atoms with Crippen molar-refractivity contribution in [2.75, 3.05) is 0 Å². The van der Waals surface area contributed by atoms with E-state index >= 15 is 0 Å². The molecule has 0 bridgehead atoms. The quantitative estimate of drug-likeness (QED) is 0.688. The lowest BCUT2D eigenvalue weighted by Gasteiger charge is -2.25. The zero-order valence-electron chi connectivity index (χ0n) is 11.3. The Morgan fingerprint density at radius 1 is 1.05 bits per heavy atom. The van der Waals surface area contributed by atoms with Crippen LogP contribution in [0.4, 0.5) is 13.2 Å². The van der Waals surface area contributed by atoms with Crippen molar-refractivity contribution in [3.63, 3.8) is 0 Å². The van der Waals surface area contributed by atoms with Crippen LogP contribution < -0.4 is 0 Å². The maximum Gasteiger partial charge on any atom is 0.295 e. The minimum absolute atomic E-state index is 0.0340. The van der Waals surface area contributed by atoms with Crippen molar-refractivity contribution in [3.8, 4) is 0 Å². The third-order valence-corrected chi connectivity index (χ3v) is 3.05. The van der Waals surface area contributed by atoms with Gasteiger partial charge in [-0.05, 0) is 29.3 Å². The minimum atomic E-state index is -3.24. The third-order valence-electron chi connectivity index (χ3n) is 3.05. The second kappa shape index (κ2) is 6.59. The van der Waals surface area contributed by atoms with Crippen molar-refractivity contribution < 1.29 is 17.9 Å². The highest BCUT2D eigenvalue weighted by molar-refractivity contribution is 5.23. The standard InChI is InChI=1S/C17H15F3O/c1-2-17(19,20)16(14-8-10-15(18)11-9-14)21-12-13-6-4-3-5-7-13/h2-11,16H,1,12H2. The molecule has 0 saturated heterocycles. The highest BCUT2D eigenvalue weighted by atomic mass is 19.3. The van der Waals surface area contributed by atoms with Gasteiger partial charge in [0.2, 0.25) is 0 Å². The minimum Gasteiger partial charge on any atom is -0.362 e. The van der Waals surface area contributed by atoms with Crippen LogP contribution in [-0.2, 0) is 11.3 Å². The molecule has 1 atom stereocenters. The molecule has 1 unspecified atom stereocenters. The van der Waals surface area contributed by atoms with Crippen LogP contribution in [0.1, 0.15) is 17.2 Å². The number of benzene rings is 2. The monoisotopic (exact) mass is 292 g/mol. The number of alkyl halides is 2. The maximum atomic E-state index is 14.0. The molecule has 2 aromatic carbocycles. The fourth-order valence-corrected chi connectivity index (χ4v) is 1.93. The molecule has 0 aromatic heterocycles. The summed E-state index contributed by atoms with van der Waals surface area (Å²) in [6.45, 7) is 3.18. The Morgan fingerprint density at radius 3 is 2.24 bits per heavy atom. The lowest BCUT2D eigenvalue weighted by Crippen LogP contribution is -2.26. The SMILES string of the molecule is C=CC(F)(F)C(OCc1ccccc1)c1ccc(F)cc1. The number of halogens is 3. The number of ether oxygens (including phenoxy) is 1. The molecule has 4 heteroatoms. The lowest BCUT2D eigenvalue weighted by atomic mass is 10.0. The van der Waals surface area contributed by atoms with E-state index in [0.29, 0.717) is 6.08 Å². The average Bonchev–Trinajstić information content (AvgIpc) is 2.50. The smallest absolute Gasteiger partial charge is 0.295 e. The molecule has 1 nitrogen and oxygen atoms in total. The van der Waals surface area contributed by atoms with E-state index < -0.39 is 17.8 Å². The van der Waals surface area contributed by atoms with Gasteiger partial charge in [0.25, 0.3) is 5.92 Å². The van der Waals surface area contributed by atoms with Crippen LogP contribution in [0.25, 0.3) is 0 Å². The topological polar surface area (TPSA) is 9.23 Å². The van der Waals surface area contributed by atoms with E-state index in [0.717, 1.165) is 17.7 Å². The van der Waals surface area contributed by atoms with Gasteiger partial charge in [-0.1, -0.05) is 49.0 Å². The number of rotatable bonds is 6. The third kappa shape index (κ3) is 3.95. The molecular weight excluding hydrogens is 277 g/mol. The van der Waals surface area contributed by atoms with Gasteiger partial charge in [-0.3, -0.25) is 0 Å². The lowest BCUT2D eigenvalue weighted by molar-refractivity contribution is -0.115. The van der Waals surface area contributed by atoms with E-state index in [2.05, 4.69) is 6.58 Å². The van der Waals surface area contributed by atoms with Gasteiger partial charge < -0.3 is 4.74 Å². The molecule has 0 fully saturated rings. The van der Waals surface area contributed by atoms with Crippen LogP contribution in [0.2, 0.25) is 0 Å². The highest BCUT2D eigenvalue weighted by Crippen LogP contribution is 2.36. The predicted octanol–water partition coefficient (Wildman–Crippen LogP) is 4.90. The van der Waals surface area contributed by atoms with Crippen molar-refractivity contribution in [1.82, 2.24) is 0 Å². The Labute approximate surface area is 121 Å². The molecule has 0 aliphatic carbocycles. The van der Waals surface area contributed by atoms with Gasteiger partial charge in [0.05, 0.1) is 6.61 Å². The first-order valence-corrected chi connectivity index (χ1v) is 6.45. The first-order chi connectivity index (χ1) is 10.0. The summed E-state index contributed by atoms with van der Waals surface area (Å²) in [7, 11) is 0. The van der Waals surface area contributed by atoms with Gasteiger partial charge >= 0.3 is 0 Å². The molecule has 110 valence electrons. The molecule has 0 aliphatic rings. The van der Waals surface area contributed by atoms with E-state index in [4.69, 9.17) is 4.74 Å². The predicted molar refractivity (Wildman–Crippen MR) is 75.5 cm³/mol. The molecule has 0 aliphatic heterocycles. The summed E-state index contributed by atoms with van der Waals surface area (Å²) in [6, 6.07) is 13.9. The molecule has 2 rings (SSSR count). The van der Waals surface area contributed by atoms with Crippen molar-refractivity contribution in [2.24, 2.45) is 0 Å². The first kappa shape index (κ1) is 15.3. The summed E-state index contributed by atoms with van der Waals surface area (Å²) in [4.78, 5) is 0. The molecule has 0 amide bonds. The summed E-state index contributed by atoms with van der Waals surface area (Å²) in [5.74, 6) is -3.73. The van der Waals surface area contributed by atoms with Gasteiger partial charge in [-0.25, -0.2) is 4.39 Å². The zero-order chi connectivity index (χ0) is 15.3. The molecule has 2 aromatic rings. The van der Waals surface area contributed by atoms with Gasteiger partial charge in [-0.2, -0.15) is 8.78 Å². The average molecular weight is 292 g/mol. The summed E-state index contributed by atoms with van der Waals surface area (Å²) in [6.07, 6.45) is -0.956.